The second-order valence-corrected chi connectivity index (χ2v) is 6.21. The Labute approximate surface area is 82.6 Å². The fraction of sp³-hybridized carbons (Fsp3) is 0.833. The number of nitrogens with zero attached hydrogens (tertiary/aromatic N) is 1. The number of carbonyl (C=O) groups is 1. The molecule has 1 fully saturated rings. The highest BCUT2D eigenvalue weighted by molar-refractivity contribution is 14.1. The third kappa shape index (κ3) is 2.08. The maximum atomic E-state index is 11.2. The zero-order valence-corrected chi connectivity index (χ0v) is 9.26. The second-order valence-electron chi connectivity index (χ2n) is 2.33. The van der Waals surface area contributed by atoms with E-state index >= 15 is 0 Å². The number of hydrogen-bond donors (Lipinski definition) is 0. The third-order valence-corrected chi connectivity index (χ3v) is 2.53. The minimum Gasteiger partial charge on any atom is -0.341 e. The van der Waals surface area contributed by atoms with E-state index in [1.165, 1.54) is 12.8 Å². The van der Waals surface area contributed by atoms with Crippen molar-refractivity contribution >= 4 is 44.4 Å². The van der Waals surface area contributed by atoms with Crippen LogP contribution < -0.4 is 0 Å². The lowest BCUT2D eigenvalue weighted by molar-refractivity contribution is -0.127. The molecule has 0 radical (unpaired) electrons. The summed E-state index contributed by atoms with van der Waals surface area (Å²) < 4.78 is -0.0387. The van der Waals surface area contributed by atoms with Crippen molar-refractivity contribution in [2.75, 3.05) is 13.1 Å². The average molecular weight is 318 g/mol. The standard InChI is InChI=1S/C6H9BrINO/c7-5(8)6(10)9-3-1-2-4-9/h5H,1-4H2. The van der Waals surface area contributed by atoms with Gasteiger partial charge in [-0.25, -0.2) is 0 Å². The van der Waals surface area contributed by atoms with Gasteiger partial charge in [0.1, 0.15) is 2.83 Å². The van der Waals surface area contributed by atoms with Crippen LogP contribution in [0.4, 0.5) is 0 Å². The predicted molar refractivity (Wildman–Crippen MR) is 52.5 cm³/mol. The van der Waals surface area contributed by atoms with E-state index in [2.05, 4.69) is 38.5 Å². The number of carbonyl (C=O) groups excluding carboxylic acids is 1. The van der Waals surface area contributed by atoms with Gasteiger partial charge in [-0.1, -0.05) is 38.5 Å². The maximum absolute atomic E-state index is 11.2. The highest BCUT2D eigenvalue weighted by Crippen LogP contribution is 2.16. The van der Waals surface area contributed by atoms with Crippen molar-refractivity contribution in [3.05, 3.63) is 0 Å². The second kappa shape index (κ2) is 3.90. The van der Waals surface area contributed by atoms with Gasteiger partial charge in [0.05, 0.1) is 0 Å². The van der Waals surface area contributed by atoms with Crippen LogP contribution in [-0.2, 0) is 4.79 Å². The quantitative estimate of drug-likeness (QED) is 0.533. The molecular formula is C6H9BrINO. The van der Waals surface area contributed by atoms with Crippen molar-refractivity contribution in [2.24, 2.45) is 0 Å². The zero-order valence-electron chi connectivity index (χ0n) is 5.52. The Hall–Kier alpha value is 0.680. The number of alkyl halides is 2. The lowest BCUT2D eigenvalue weighted by Crippen LogP contribution is -2.31. The van der Waals surface area contributed by atoms with Crippen molar-refractivity contribution in [1.29, 1.82) is 0 Å². The number of rotatable bonds is 1. The van der Waals surface area contributed by atoms with E-state index in [4.69, 9.17) is 0 Å². The molecule has 1 unspecified atom stereocenters. The monoisotopic (exact) mass is 317 g/mol. The highest BCUT2D eigenvalue weighted by Gasteiger charge is 2.21. The summed E-state index contributed by atoms with van der Waals surface area (Å²) >= 11 is 5.33. The van der Waals surface area contributed by atoms with E-state index in [1.54, 1.807) is 0 Å². The van der Waals surface area contributed by atoms with Crippen LogP contribution in [0.5, 0.6) is 0 Å². The first-order valence-corrected chi connectivity index (χ1v) is 5.45. The SMILES string of the molecule is O=C(C(Br)I)N1CCCC1. The molecule has 1 saturated heterocycles. The molecule has 2 nitrogen and oxygen atoms in total. The van der Waals surface area contributed by atoms with E-state index in [-0.39, 0.29) is 8.74 Å². The van der Waals surface area contributed by atoms with Gasteiger partial charge >= 0.3 is 0 Å². The summed E-state index contributed by atoms with van der Waals surface area (Å²) in [6.07, 6.45) is 2.34. The van der Waals surface area contributed by atoms with Crippen molar-refractivity contribution in [1.82, 2.24) is 4.90 Å². The molecule has 4 heteroatoms. The summed E-state index contributed by atoms with van der Waals surface area (Å²) in [5, 5.41) is 0. The van der Waals surface area contributed by atoms with Gasteiger partial charge in [0.25, 0.3) is 0 Å². The van der Waals surface area contributed by atoms with Crippen LogP contribution >= 0.6 is 38.5 Å². The van der Waals surface area contributed by atoms with E-state index in [9.17, 15) is 4.79 Å². The topological polar surface area (TPSA) is 20.3 Å². The van der Waals surface area contributed by atoms with Crippen LogP contribution in [-0.4, -0.2) is 26.7 Å². The molecule has 10 heavy (non-hydrogen) atoms. The first-order valence-electron chi connectivity index (χ1n) is 3.29. The van der Waals surface area contributed by atoms with Crippen LogP contribution in [0.25, 0.3) is 0 Å². The fourth-order valence-electron chi connectivity index (χ4n) is 1.08. The van der Waals surface area contributed by atoms with E-state index in [0.717, 1.165) is 13.1 Å². The van der Waals surface area contributed by atoms with Gasteiger partial charge in [-0.2, -0.15) is 0 Å². The average Bonchev–Trinajstić information content (AvgIpc) is 2.36. The molecule has 0 aromatic carbocycles. The van der Waals surface area contributed by atoms with Gasteiger partial charge < -0.3 is 4.90 Å². The molecular weight excluding hydrogens is 309 g/mol. The minimum absolute atomic E-state index is 0.0387. The summed E-state index contributed by atoms with van der Waals surface area (Å²) in [6, 6.07) is 0. The van der Waals surface area contributed by atoms with Crippen LogP contribution in [0.15, 0.2) is 0 Å². The predicted octanol–water partition coefficient (Wildman–Crippen LogP) is 1.76. The van der Waals surface area contributed by atoms with Gasteiger partial charge in [0.15, 0.2) is 0 Å². The smallest absolute Gasteiger partial charge is 0.246 e. The van der Waals surface area contributed by atoms with Crippen LogP contribution in [0.1, 0.15) is 12.8 Å². The van der Waals surface area contributed by atoms with Gasteiger partial charge in [-0.3, -0.25) is 4.79 Å². The summed E-state index contributed by atoms with van der Waals surface area (Å²) in [7, 11) is 0. The van der Waals surface area contributed by atoms with Crippen molar-refractivity contribution in [3.63, 3.8) is 0 Å². The first-order chi connectivity index (χ1) is 4.72. The molecule has 1 aliphatic rings. The molecule has 1 aliphatic heterocycles. The molecule has 58 valence electrons. The third-order valence-electron chi connectivity index (χ3n) is 1.60. The Bertz CT molecular complexity index is 134. The van der Waals surface area contributed by atoms with Crippen molar-refractivity contribution in [3.8, 4) is 0 Å². The Balaban J connectivity index is 2.40. The molecule has 1 heterocycles. The van der Waals surface area contributed by atoms with E-state index in [0.29, 0.717) is 0 Å². The summed E-state index contributed by atoms with van der Waals surface area (Å²) in [5.74, 6) is 0.220. The zero-order chi connectivity index (χ0) is 7.56. The Morgan fingerprint density at radius 3 is 2.40 bits per heavy atom. The van der Waals surface area contributed by atoms with Gasteiger partial charge in [0.2, 0.25) is 5.91 Å². The largest absolute Gasteiger partial charge is 0.341 e. The van der Waals surface area contributed by atoms with Gasteiger partial charge in [-0.05, 0) is 12.8 Å². The Kier molecular flexibility index (Phi) is 3.42. The van der Waals surface area contributed by atoms with E-state index < -0.39 is 0 Å². The summed E-state index contributed by atoms with van der Waals surface area (Å²) in [6.45, 7) is 1.90. The molecule has 1 rings (SSSR count). The fourth-order valence-corrected chi connectivity index (χ4v) is 1.76. The Morgan fingerprint density at radius 2 is 2.00 bits per heavy atom. The van der Waals surface area contributed by atoms with Crippen LogP contribution in [0.2, 0.25) is 0 Å². The molecule has 1 amide bonds. The first kappa shape index (κ1) is 8.77. The number of halogens is 2. The van der Waals surface area contributed by atoms with Crippen LogP contribution in [0, 0.1) is 0 Å². The van der Waals surface area contributed by atoms with Crippen molar-refractivity contribution in [2.45, 2.75) is 15.7 Å². The molecule has 0 aromatic rings. The van der Waals surface area contributed by atoms with E-state index in [1.807, 2.05) is 4.90 Å². The highest BCUT2D eigenvalue weighted by atomic mass is 127. The molecule has 1 atom stereocenters. The number of likely N-dealkylation sites (tertiary alicyclic amines) is 1. The molecule has 0 saturated carbocycles. The lowest BCUT2D eigenvalue weighted by atomic mass is 10.4. The lowest BCUT2D eigenvalue weighted by Gasteiger charge is -2.15. The summed E-state index contributed by atoms with van der Waals surface area (Å²) in [5.41, 5.74) is 0. The molecule has 0 N–H and O–H groups in total. The molecule has 0 aliphatic carbocycles. The molecule has 0 spiro atoms. The normalized spacial score (nSPS) is 21.2. The minimum atomic E-state index is -0.0387. The summed E-state index contributed by atoms with van der Waals surface area (Å²) in [4.78, 5) is 13.1. The molecule has 0 aromatic heterocycles. The van der Waals surface area contributed by atoms with Crippen LogP contribution in [0.3, 0.4) is 0 Å². The number of hydrogen-bond acceptors (Lipinski definition) is 1. The molecule has 0 bridgehead atoms. The van der Waals surface area contributed by atoms with Crippen molar-refractivity contribution < 1.29 is 4.79 Å². The maximum Gasteiger partial charge on any atom is 0.246 e. The Morgan fingerprint density at radius 1 is 1.50 bits per heavy atom. The van der Waals surface area contributed by atoms with Gasteiger partial charge in [-0.15, -0.1) is 0 Å². The van der Waals surface area contributed by atoms with Gasteiger partial charge in [0, 0.05) is 13.1 Å². The number of amides is 1.